The lowest BCUT2D eigenvalue weighted by Gasteiger charge is -2.34. The molecule has 0 saturated heterocycles. The van der Waals surface area contributed by atoms with Gasteiger partial charge in [0.15, 0.2) is 16.5 Å². The Kier molecular flexibility index (Phi) is 7.24. The number of fused-ring (bicyclic) bond motifs is 2. The van der Waals surface area contributed by atoms with Gasteiger partial charge in [-0.15, -0.1) is 0 Å². The lowest BCUT2D eigenvalue weighted by molar-refractivity contribution is 0.513. The summed E-state index contributed by atoms with van der Waals surface area (Å²) in [5.74, 6) is 0.894. The van der Waals surface area contributed by atoms with E-state index in [4.69, 9.17) is 0 Å². The molecule has 0 heterocycles. The first kappa shape index (κ1) is 27.3. The lowest BCUT2D eigenvalue weighted by Crippen LogP contribution is -2.55. The second kappa shape index (κ2) is 9.54. The van der Waals surface area contributed by atoms with Gasteiger partial charge in [-0.25, -0.2) is 0 Å². The average molecular weight is 517 g/mol. The van der Waals surface area contributed by atoms with Crippen LogP contribution >= 0.6 is 0 Å². The number of allylic oxidation sites excluding steroid dienone is 16. The molecule has 0 saturated carbocycles. The Morgan fingerprint density at radius 3 is 1.31 bits per heavy atom. The number of hydrogen-bond acceptors (Lipinski definition) is 2. The molecule has 2 N–H and O–H groups in total. The van der Waals surface area contributed by atoms with Crippen molar-refractivity contribution in [1.82, 2.24) is 9.96 Å². The highest BCUT2D eigenvalue weighted by Crippen LogP contribution is 2.45. The van der Waals surface area contributed by atoms with Gasteiger partial charge in [0.05, 0.1) is 0 Å². The fraction of sp³-hybridized carbons (Fsp3) is 0.500. The van der Waals surface area contributed by atoms with Gasteiger partial charge in [-0.1, -0.05) is 98.1 Å². The molecule has 194 valence electrons. The fourth-order valence-corrected chi connectivity index (χ4v) is 13.8. The highest BCUT2D eigenvalue weighted by Gasteiger charge is 2.39. The zero-order valence-corrected chi connectivity index (χ0v) is 26.3. The minimum Gasteiger partial charge on any atom is -0.329 e. The Labute approximate surface area is 223 Å². The van der Waals surface area contributed by atoms with Crippen LogP contribution in [0.15, 0.2) is 93.4 Å². The highest BCUT2D eigenvalue weighted by molar-refractivity contribution is 6.83. The van der Waals surface area contributed by atoms with E-state index in [1.54, 1.807) is 21.5 Å². The molecule has 4 rings (SSSR count). The third-order valence-electron chi connectivity index (χ3n) is 7.56. The van der Waals surface area contributed by atoms with E-state index in [2.05, 4.69) is 138 Å². The zero-order valence-electron chi connectivity index (χ0n) is 24.3. The smallest absolute Gasteiger partial charge is 0.152 e. The van der Waals surface area contributed by atoms with Crippen molar-refractivity contribution in [3.05, 3.63) is 93.4 Å². The zero-order chi connectivity index (χ0) is 26.5. The van der Waals surface area contributed by atoms with Crippen molar-refractivity contribution in [2.75, 3.05) is 0 Å². The summed E-state index contributed by atoms with van der Waals surface area (Å²) in [6.45, 7) is 23.6. The molecule has 0 aliphatic heterocycles. The van der Waals surface area contributed by atoms with Crippen molar-refractivity contribution in [3.8, 4) is 0 Å². The third-order valence-corrected chi connectivity index (χ3v) is 13.9. The van der Waals surface area contributed by atoms with Crippen molar-refractivity contribution < 1.29 is 0 Å². The highest BCUT2D eigenvalue weighted by atomic mass is 28.3. The standard InChI is InChI=1S/C32H48N2Si2/c1-31(2,3)33-35(7,8)29-21-23(25-15-11-13-17-27(25)29)19-20-24-22-30(28-18-14-12-16-26(24)28)36(9,10)34-32(4,5)6/h11-18,21-22,25-26,33-34H,19-20H2,1-10H3. The molecule has 2 nitrogen and oxygen atoms in total. The molecule has 2 unspecified atom stereocenters. The number of hydrogen-bond donors (Lipinski definition) is 2. The van der Waals surface area contributed by atoms with Crippen molar-refractivity contribution in [3.63, 3.8) is 0 Å². The van der Waals surface area contributed by atoms with Crippen LogP contribution in [0.2, 0.25) is 26.2 Å². The lowest BCUT2D eigenvalue weighted by atomic mass is 9.85. The Hall–Kier alpha value is -1.73. The fourth-order valence-electron chi connectivity index (χ4n) is 6.80. The van der Waals surface area contributed by atoms with E-state index in [1.807, 2.05) is 0 Å². The molecule has 4 heteroatoms. The molecule has 0 spiro atoms. The summed E-state index contributed by atoms with van der Waals surface area (Å²) >= 11 is 0. The monoisotopic (exact) mass is 516 g/mol. The molecule has 0 aromatic heterocycles. The summed E-state index contributed by atoms with van der Waals surface area (Å²) in [5, 5.41) is 3.17. The largest absolute Gasteiger partial charge is 0.329 e. The SMILES string of the molecule is CC(C)(C)N[Si](C)(C)C1=C2C=CC=CC2C(CCC2=CC([Si](C)(C)NC(C)(C)C)=C3C=CC=CC23)=C1. The van der Waals surface area contributed by atoms with Gasteiger partial charge in [-0.05, 0) is 75.9 Å². The summed E-state index contributed by atoms with van der Waals surface area (Å²) < 4.78 is 0. The van der Waals surface area contributed by atoms with E-state index < -0.39 is 16.5 Å². The van der Waals surface area contributed by atoms with Gasteiger partial charge >= 0.3 is 0 Å². The van der Waals surface area contributed by atoms with E-state index in [0.29, 0.717) is 11.8 Å². The van der Waals surface area contributed by atoms with Crippen LogP contribution in [-0.4, -0.2) is 27.5 Å². The average Bonchev–Trinajstić information content (AvgIpc) is 3.28. The van der Waals surface area contributed by atoms with E-state index in [-0.39, 0.29) is 11.1 Å². The predicted octanol–water partition coefficient (Wildman–Crippen LogP) is 7.99. The van der Waals surface area contributed by atoms with Gasteiger partial charge in [0.25, 0.3) is 0 Å². The summed E-state index contributed by atoms with van der Waals surface area (Å²) in [5.41, 5.74) is 6.48. The van der Waals surface area contributed by atoms with Gasteiger partial charge in [-0.3, -0.25) is 0 Å². The van der Waals surface area contributed by atoms with Crippen LogP contribution < -0.4 is 9.96 Å². The summed E-state index contributed by atoms with van der Waals surface area (Å²) in [6.07, 6.45) is 25.9. The molecule has 36 heavy (non-hydrogen) atoms. The Balaban J connectivity index is 1.58. The normalized spacial score (nSPS) is 23.9. The molecule has 4 aliphatic carbocycles. The number of rotatable bonds is 7. The molecule has 0 radical (unpaired) electrons. The Bertz CT molecular complexity index is 1060. The van der Waals surface area contributed by atoms with E-state index in [9.17, 15) is 0 Å². The summed E-state index contributed by atoms with van der Waals surface area (Å²) in [4.78, 5) is 8.02. The van der Waals surface area contributed by atoms with Crippen LogP contribution in [0.4, 0.5) is 0 Å². The molecule has 2 atom stereocenters. The molecule has 0 fully saturated rings. The van der Waals surface area contributed by atoms with Gasteiger partial charge in [0, 0.05) is 22.9 Å². The predicted molar refractivity (Wildman–Crippen MR) is 164 cm³/mol. The second-order valence-corrected chi connectivity index (χ2v) is 22.2. The van der Waals surface area contributed by atoms with Crippen LogP contribution in [0.1, 0.15) is 54.4 Å². The van der Waals surface area contributed by atoms with Crippen molar-refractivity contribution in [2.45, 2.75) is 91.6 Å². The van der Waals surface area contributed by atoms with E-state index >= 15 is 0 Å². The van der Waals surface area contributed by atoms with Gasteiger partial charge in [-0.2, -0.15) is 0 Å². The topological polar surface area (TPSA) is 24.1 Å². The van der Waals surface area contributed by atoms with Crippen molar-refractivity contribution in [1.29, 1.82) is 0 Å². The molecule has 0 aromatic carbocycles. The van der Waals surface area contributed by atoms with Crippen molar-refractivity contribution in [2.24, 2.45) is 11.8 Å². The van der Waals surface area contributed by atoms with E-state index in [1.165, 1.54) is 11.1 Å². The number of nitrogens with one attached hydrogen (secondary N) is 2. The van der Waals surface area contributed by atoms with Gasteiger partial charge in [0.2, 0.25) is 0 Å². The first-order chi connectivity index (χ1) is 16.6. The van der Waals surface area contributed by atoms with Gasteiger partial charge < -0.3 is 9.96 Å². The first-order valence-corrected chi connectivity index (χ1v) is 19.8. The van der Waals surface area contributed by atoms with Crippen LogP contribution in [0, 0.1) is 11.8 Å². The Morgan fingerprint density at radius 1 is 0.611 bits per heavy atom. The maximum Gasteiger partial charge on any atom is 0.152 e. The molecule has 0 aromatic rings. The van der Waals surface area contributed by atoms with Crippen LogP contribution in [0.5, 0.6) is 0 Å². The first-order valence-electron chi connectivity index (χ1n) is 13.8. The molecule has 4 aliphatic rings. The van der Waals surface area contributed by atoms with Gasteiger partial charge in [0.1, 0.15) is 0 Å². The molecular weight excluding hydrogens is 469 g/mol. The van der Waals surface area contributed by atoms with Crippen LogP contribution in [-0.2, 0) is 0 Å². The van der Waals surface area contributed by atoms with Crippen LogP contribution in [0.3, 0.4) is 0 Å². The van der Waals surface area contributed by atoms with Crippen molar-refractivity contribution >= 4 is 16.5 Å². The third kappa shape index (κ3) is 5.88. The Morgan fingerprint density at radius 2 is 0.972 bits per heavy atom. The molecule has 0 amide bonds. The minimum atomic E-state index is -1.78. The quantitative estimate of drug-likeness (QED) is 0.335. The summed E-state index contributed by atoms with van der Waals surface area (Å²) in [6, 6.07) is 0. The maximum absolute atomic E-state index is 4.01. The minimum absolute atomic E-state index is 0.120. The molecule has 0 bridgehead atoms. The molecular formula is C32H48N2Si2. The second-order valence-electron chi connectivity index (χ2n) is 14.1. The summed E-state index contributed by atoms with van der Waals surface area (Å²) in [7, 11) is -3.56. The maximum atomic E-state index is 4.01. The van der Waals surface area contributed by atoms with E-state index in [0.717, 1.165) is 12.8 Å². The van der Waals surface area contributed by atoms with Crippen LogP contribution in [0.25, 0.3) is 0 Å².